The van der Waals surface area contributed by atoms with Crippen molar-refractivity contribution in [2.45, 2.75) is 26.2 Å². The summed E-state index contributed by atoms with van der Waals surface area (Å²) in [5, 5.41) is 7.58. The van der Waals surface area contributed by atoms with E-state index in [-0.39, 0.29) is 24.0 Å². The molecule has 1 aliphatic heterocycles. The fourth-order valence-electron chi connectivity index (χ4n) is 3.31. The second kappa shape index (κ2) is 16.0. The molecule has 1 heterocycles. The lowest BCUT2D eigenvalue weighted by Gasteiger charge is -2.36. The zero-order valence-corrected chi connectivity index (χ0v) is 20.9. The molecule has 1 aromatic carbocycles. The summed E-state index contributed by atoms with van der Waals surface area (Å²) in [7, 11) is 1.82. The lowest BCUT2D eigenvalue weighted by atomic mass is 10.2. The monoisotopic (exact) mass is 537 g/mol. The second-order valence-electron chi connectivity index (χ2n) is 6.99. The Morgan fingerprint density at radius 1 is 1.10 bits per heavy atom. The first-order valence-electron chi connectivity index (χ1n) is 10.5. The average molecular weight is 538 g/mol. The molecule has 2 N–H and O–H groups in total. The lowest BCUT2D eigenvalue weighted by Crippen LogP contribution is -2.47. The van der Waals surface area contributed by atoms with E-state index in [1.54, 1.807) is 0 Å². The van der Waals surface area contributed by atoms with Crippen LogP contribution in [0.25, 0.3) is 0 Å². The van der Waals surface area contributed by atoms with Crippen LogP contribution >= 0.6 is 35.6 Å². The van der Waals surface area contributed by atoms with Crippen LogP contribution in [0.3, 0.4) is 0 Å². The molecule has 29 heavy (non-hydrogen) atoms. The van der Waals surface area contributed by atoms with E-state index >= 15 is 0 Å². The number of rotatable bonds is 11. The highest BCUT2D eigenvalue weighted by molar-refractivity contribution is 14.0. The highest BCUT2D eigenvalue weighted by Gasteiger charge is 2.16. The highest BCUT2D eigenvalue weighted by atomic mass is 127. The minimum atomic E-state index is 0. The van der Waals surface area contributed by atoms with Crippen molar-refractivity contribution in [1.29, 1.82) is 0 Å². The van der Waals surface area contributed by atoms with Gasteiger partial charge in [-0.2, -0.15) is 0 Å². The van der Waals surface area contributed by atoms with Crippen LogP contribution in [0, 0.1) is 0 Å². The first-order chi connectivity index (χ1) is 13.7. The molecule has 0 atom stereocenters. The molecule has 1 fully saturated rings. The number of benzene rings is 1. The third kappa shape index (κ3) is 10.7. The number of nitrogens with one attached hydrogen (secondary N) is 2. The predicted octanol–water partition coefficient (Wildman–Crippen LogP) is 3.45. The number of piperazine rings is 1. The van der Waals surface area contributed by atoms with Gasteiger partial charge in [-0.05, 0) is 50.9 Å². The van der Waals surface area contributed by atoms with E-state index in [9.17, 15) is 0 Å². The molecule has 0 saturated carbocycles. The summed E-state index contributed by atoms with van der Waals surface area (Å²) in [4.78, 5) is 9.24. The van der Waals surface area contributed by atoms with Crippen LogP contribution < -0.4 is 15.5 Å². The Labute approximate surface area is 198 Å². The van der Waals surface area contributed by atoms with Crippen LogP contribution in [0.15, 0.2) is 29.3 Å². The van der Waals surface area contributed by atoms with Crippen molar-refractivity contribution in [3.63, 3.8) is 0 Å². The average Bonchev–Trinajstić information content (AvgIpc) is 2.72. The predicted molar refractivity (Wildman–Crippen MR) is 135 cm³/mol. The fourth-order valence-corrected chi connectivity index (χ4v) is 3.50. The smallest absolute Gasteiger partial charge is 0.190 e. The number of guanidine groups is 1. The molecule has 0 aromatic heterocycles. The van der Waals surface area contributed by atoms with Gasteiger partial charge in [0.25, 0.3) is 0 Å². The van der Waals surface area contributed by atoms with Crippen LogP contribution in [0.5, 0.6) is 0 Å². The number of ether oxygens (including phenoxy) is 1. The topological polar surface area (TPSA) is 52.1 Å². The summed E-state index contributed by atoms with van der Waals surface area (Å²) >= 11 is 6.11. The first kappa shape index (κ1) is 26.3. The number of anilines is 1. The molecule has 8 heteroatoms. The van der Waals surface area contributed by atoms with Gasteiger partial charge in [0.05, 0.1) is 0 Å². The van der Waals surface area contributed by atoms with Gasteiger partial charge in [-0.3, -0.25) is 9.89 Å². The Kier molecular flexibility index (Phi) is 14.5. The number of unbranched alkanes of at least 4 members (excludes halogenated alkanes) is 1. The van der Waals surface area contributed by atoms with Crippen molar-refractivity contribution in [1.82, 2.24) is 15.5 Å². The zero-order chi connectivity index (χ0) is 20.0. The molecule has 0 radical (unpaired) electrons. The Morgan fingerprint density at radius 3 is 2.48 bits per heavy atom. The Morgan fingerprint density at radius 2 is 1.83 bits per heavy atom. The van der Waals surface area contributed by atoms with Gasteiger partial charge in [-0.25, -0.2) is 0 Å². The van der Waals surface area contributed by atoms with Crippen LogP contribution in [0.2, 0.25) is 5.02 Å². The number of nitrogens with zero attached hydrogens (tertiary/aromatic N) is 3. The second-order valence-corrected chi connectivity index (χ2v) is 7.43. The van der Waals surface area contributed by atoms with Gasteiger partial charge in [-0.1, -0.05) is 17.7 Å². The molecule has 1 aliphatic rings. The summed E-state index contributed by atoms with van der Waals surface area (Å²) in [6.07, 6.45) is 3.29. The van der Waals surface area contributed by atoms with Crippen LogP contribution in [0.1, 0.15) is 26.2 Å². The molecular formula is C21H37ClIN5O. The van der Waals surface area contributed by atoms with Crippen LogP contribution in [-0.4, -0.2) is 76.9 Å². The van der Waals surface area contributed by atoms with Crippen molar-refractivity contribution in [2.75, 3.05) is 71.0 Å². The van der Waals surface area contributed by atoms with E-state index in [1.165, 1.54) is 5.69 Å². The van der Waals surface area contributed by atoms with Crippen molar-refractivity contribution in [3.8, 4) is 0 Å². The Hall–Kier alpha value is -0.770. The number of halogens is 2. The van der Waals surface area contributed by atoms with Crippen LogP contribution in [-0.2, 0) is 4.74 Å². The molecule has 2 rings (SSSR count). The third-order valence-electron chi connectivity index (χ3n) is 4.92. The van der Waals surface area contributed by atoms with E-state index in [0.29, 0.717) is 0 Å². The Balaban J connectivity index is 0.00000420. The molecule has 0 unspecified atom stereocenters. The fraction of sp³-hybridized carbons (Fsp3) is 0.667. The third-order valence-corrected chi connectivity index (χ3v) is 5.16. The normalized spacial score (nSPS) is 15.1. The summed E-state index contributed by atoms with van der Waals surface area (Å²) in [5.74, 6) is 0.891. The zero-order valence-electron chi connectivity index (χ0n) is 17.8. The molecule has 166 valence electrons. The quantitative estimate of drug-likeness (QED) is 0.196. The molecule has 0 spiro atoms. The number of hydrogen-bond acceptors (Lipinski definition) is 4. The lowest BCUT2D eigenvalue weighted by molar-refractivity contribution is 0.143. The van der Waals surface area contributed by atoms with Gasteiger partial charge in [-0.15, -0.1) is 24.0 Å². The van der Waals surface area contributed by atoms with Gasteiger partial charge in [0, 0.05) is 70.2 Å². The molecular weight excluding hydrogens is 501 g/mol. The van der Waals surface area contributed by atoms with Crippen molar-refractivity contribution >= 4 is 47.2 Å². The number of aliphatic imine (C=N–C) groups is 1. The summed E-state index contributed by atoms with van der Waals surface area (Å²) in [5.41, 5.74) is 1.23. The molecule has 0 aliphatic carbocycles. The summed E-state index contributed by atoms with van der Waals surface area (Å²) in [6, 6.07) is 8.14. The molecule has 0 amide bonds. The maximum atomic E-state index is 6.11. The summed E-state index contributed by atoms with van der Waals surface area (Å²) in [6.45, 7) is 11.0. The minimum absolute atomic E-state index is 0. The standard InChI is InChI=1S/C21H36ClN5O.HI/c1-3-28-17-5-4-10-24-21(23-2)25-11-7-12-26-13-15-27(16-14-26)20-9-6-8-19(22)18-20;/h6,8-9,18H,3-5,7,10-17H2,1-2H3,(H2,23,24,25);1H. The molecule has 0 bridgehead atoms. The van der Waals surface area contributed by atoms with E-state index in [4.69, 9.17) is 16.3 Å². The largest absolute Gasteiger partial charge is 0.382 e. The van der Waals surface area contributed by atoms with Gasteiger partial charge in [0.15, 0.2) is 5.96 Å². The molecule has 6 nitrogen and oxygen atoms in total. The SMILES string of the molecule is CCOCCCCNC(=NC)NCCCN1CCN(c2cccc(Cl)c2)CC1.I. The Bertz CT molecular complexity index is 582. The number of hydrogen-bond donors (Lipinski definition) is 2. The minimum Gasteiger partial charge on any atom is -0.382 e. The van der Waals surface area contributed by atoms with E-state index in [1.807, 2.05) is 26.1 Å². The van der Waals surface area contributed by atoms with Gasteiger partial charge in [0.2, 0.25) is 0 Å². The van der Waals surface area contributed by atoms with Gasteiger partial charge in [0.1, 0.15) is 0 Å². The highest BCUT2D eigenvalue weighted by Crippen LogP contribution is 2.20. The van der Waals surface area contributed by atoms with E-state index in [2.05, 4.69) is 37.6 Å². The van der Waals surface area contributed by atoms with Crippen molar-refractivity contribution < 1.29 is 4.74 Å². The molecule has 1 aromatic rings. The van der Waals surface area contributed by atoms with E-state index < -0.39 is 0 Å². The van der Waals surface area contributed by atoms with E-state index in [0.717, 1.165) is 89.3 Å². The van der Waals surface area contributed by atoms with Crippen LogP contribution in [0.4, 0.5) is 5.69 Å². The molecule has 1 saturated heterocycles. The van der Waals surface area contributed by atoms with Gasteiger partial charge < -0.3 is 20.3 Å². The maximum absolute atomic E-state index is 6.11. The first-order valence-corrected chi connectivity index (χ1v) is 10.9. The maximum Gasteiger partial charge on any atom is 0.190 e. The van der Waals surface area contributed by atoms with Crippen molar-refractivity contribution in [3.05, 3.63) is 29.3 Å². The summed E-state index contributed by atoms with van der Waals surface area (Å²) < 4.78 is 5.35. The van der Waals surface area contributed by atoms with Gasteiger partial charge >= 0.3 is 0 Å². The van der Waals surface area contributed by atoms with Crippen molar-refractivity contribution in [2.24, 2.45) is 4.99 Å².